The van der Waals surface area contributed by atoms with E-state index < -0.39 is 0 Å². The van der Waals surface area contributed by atoms with Gasteiger partial charge in [-0.1, -0.05) is 23.4 Å². The van der Waals surface area contributed by atoms with Gasteiger partial charge in [-0.25, -0.2) is 9.97 Å². The smallest absolute Gasteiger partial charge is 0.190 e. The van der Waals surface area contributed by atoms with Crippen LogP contribution in [0.25, 0.3) is 0 Å². The van der Waals surface area contributed by atoms with Gasteiger partial charge in [0.05, 0.1) is 6.10 Å². The Hall–Kier alpha value is -0.520. The fourth-order valence-corrected chi connectivity index (χ4v) is 2.67. The Labute approximate surface area is 111 Å². The van der Waals surface area contributed by atoms with Gasteiger partial charge in [0.25, 0.3) is 0 Å². The van der Waals surface area contributed by atoms with Crippen molar-refractivity contribution < 1.29 is 4.74 Å². The molecule has 0 radical (unpaired) electrons. The van der Waals surface area contributed by atoms with Gasteiger partial charge < -0.3 is 10.1 Å². The fraction of sp³-hybridized carbons (Fsp3) is 0.636. The standard InChI is InChI=1S/C11H16ClN3OS/c1-16-8-4-3-7(5-8)13-10-6-9(12)14-11(15-10)17-2/h6-8H,3-5H2,1-2H3,(H,13,14,15). The fourth-order valence-electron chi connectivity index (χ4n) is 2.06. The summed E-state index contributed by atoms with van der Waals surface area (Å²) in [5.41, 5.74) is 0. The molecule has 1 fully saturated rings. The topological polar surface area (TPSA) is 47.0 Å². The third-order valence-corrected chi connectivity index (χ3v) is 3.67. The SMILES string of the molecule is COC1CCC(Nc2cc(Cl)nc(SC)n2)C1. The van der Waals surface area contributed by atoms with Gasteiger partial charge >= 0.3 is 0 Å². The molecule has 2 rings (SSSR count). The Bertz CT molecular complexity index is 391. The van der Waals surface area contributed by atoms with Gasteiger partial charge in [-0.3, -0.25) is 0 Å². The molecule has 0 aliphatic heterocycles. The molecule has 0 amide bonds. The van der Waals surface area contributed by atoms with Crippen LogP contribution in [0, 0.1) is 0 Å². The summed E-state index contributed by atoms with van der Waals surface area (Å²) in [6, 6.07) is 2.18. The molecule has 2 atom stereocenters. The molecule has 0 bridgehead atoms. The van der Waals surface area contributed by atoms with Crippen LogP contribution in [0.3, 0.4) is 0 Å². The van der Waals surface area contributed by atoms with Crippen LogP contribution in [0.1, 0.15) is 19.3 Å². The summed E-state index contributed by atoms with van der Waals surface area (Å²) in [4.78, 5) is 8.49. The molecule has 6 heteroatoms. The number of hydrogen-bond donors (Lipinski definition) is 1. The first kappa shape index (κ1) is 12.9. The molecule has 1 aromatic rings. The number of rotatable bonds is 4. The zero-order chi connectivity index (χ0) is 12.3. The van der Waals surface area contributed by atoms with Crippen molar-refractivity contribution in [1.82, 2.24) is 9.97 Å². The summed E-state index contributed by atoms with van der Waals surface area (Å²) in [6.45, 7) is 0. The second-order valence-electron chi connectivity index (χ2n) is 4.07. The van der Waals surface area contributed by atoms with E-state index in [1.165, 1.54) is 11.8 Å². The number of thioether (sulfide) groups is 1. The van der Waals surface area contributed by atoms with Crippen LogP contribution < -0.4 is 5.32 Å². The summed E-state index contributed by atoms with van der Waals surface area (Å²) in [5, 5.41) is 4.57. The van der Waals surface area contributed by atoms with Crippen molar-refractivity contribution in [2.45, 2.75) is 36.6 Å². The first-order valence-corrected chi connectivity index (χ1v) is 7.19. The summed E-state index contributed by atoms with van der Waals surface area (Å²) >= 11 is 7.43. The van der Waals surface area contributed by atoms with E-state index in [0.717, 1.165) is 25.1 Å². The van der Waals surface area contributed by atoms with Crippen LogP contribution in [0.4, 0.5) is 5.82 Å². The molecule has 0 saturated heterocycles. The number of halogens is 1. The van der Waals surface area contributed by atoms with Crippen molar-refractivity contribution in [3.05, 3.63) is 11.2 Å². The second kappa shape index (κ2) is 5.89. The highest BCUT2D eigenvalue weighted by molar-refractivity contribution is 7.98. The third-order valence-electron chi connectivity index (χ3n) is 2.93. The van der Waals surface area contributed by atoms with Crippen molar-refractivity contribution >= 4 is 29.2 Å². The lowest BCUT2D eigenvalue weighted by Crippen LogP contribution is -2.18. The molecule has 2 unspecified atom stereocenters. The minimum atomic E-state index is 0.366. The molecule has 1 aliphatic rings. The Morgan fingerprint density at radius 1 is 1.47 bits per heavy atom. The number of hydrogen-bond acceptors (Lipinski definition) is 5. The normalized spacial score (nSPS) is 23.9. The lowest BCUT2D eigenvalue weighted by molar-refractivity contribution is 0.108. The van der Waals surface area contributed by atoms with Crippen LogP contribution >= 0.6 is 23.4 Å². The van der Waals surface area contributed by atoms with Crippen LogP contribution in [0.15, 0.2) is 11.2 Å². The minimum absolute atomic E-state index is 0.366. The molecule has 1 saturated carbocycles. The lowest BCUT2D eigenvalue weighted by atomic mass is 10.2. The van der Waals surface area contributed by atoms with E-state index >= 15 is 0 Å². The average molecular weight is 274 g/mol. The maximum Gasteiger partial charge on any atom is 0.190 e. The van der Waals surface area contributed by atoms with Crippen molar-refractivity contribution in [3.8, 4) is 0 Å². The Morgan fingerprint density at radius 2 is 2.29 bits per heavy atom. The molecule has 1 aliphatic carbocycles. The lowest BCUT2D eigenvalue weighted by Gasteiger charge is -2.14. The van der Waals surface area contributed by atoms with Crippen LogP contribution in [0.2, 0.25) is 5.15 Å². The molecule has 94 valence electrons. The minimum Gasteiger partial charge on any atom is -0.381 e. The molecule has 0 spiro atoms. The number of ether oxygens (including phenoxy) is 1. The van der Waals surface area contributed by atoms with Gasteiger partial charge in [0.15, 0.2) is 5.16 Å². The highest BCUT2D eigenvalue weighted by Gasteiger charge is 2.24. The Kier molecular flexibility index (Phi) is 4.48. The van der Waals surface area contributed by atoms with E-state index in [-0.39, 0.29) is 0 Å². The second-order valence-corrected chi connectivity index (χ2v) is 5.24. The van der Waals surface area contributed by atoms with Crippen molar-refractivity contribution in [2.75, 3.05) is 18.7 Å². The monoisotopic (exact) mass is 273 g/mol. The quantitative estimate of drug-likeness (QED) is 0.519. The first-order chi connectivity index (χ1) is 8.21. The van der Waals surface area contributed by atoms with Gasteiger partial charge in [-0.05, 0) is 25.5 Å². The molecule has 0 aromatic carbocycles. The summed E-state index contributed by atoms with van der Waals surface area (Å²) in [5.74, 6) is 0.802. The van der Waals surface area contributed by atoms with Gasteiger partial charge in [0, 0.05) is 19.2 Å². The van der Waals surface area contributed by atoms with E-state index in [9.17, 15) is 0 Å². The zero-order valence-electron chi connectivity index (χ0n) is 9.94. The zero-order valence-corrected chi connectivity index (χ0v) is 11.5. The molecule has 4 nitrogen and oxygen atoms in total. The van der Waals surface area contributed by atoms with Gasteiger partial charge in [-0.2, -0.15) is 0 Å². The number of anilines is 1. The summed E-state index contributed by atoms with van der Waals surface area (Å²) in [6.07, 6.45) is 5.53. The van der Waals surface area contributed by atoms with E-state index in [2.05, 4.69) is 15.3 Å². The number of nitrogens with zero attached hydrogens (tertiary/aromatic N) is 2. The Balaban J connectivity index is 2.01. The molecular formula is C11H16ClN3OS. The average Bonchev–Trinajstić information content (AvgIpc) is 2.76. The van der Waals surface area contributed by atoms with Gasteiger partial charge in [0.2, 0.25) is 0 Å². The highest BCUT2D eigenvalue weighted by atomic mass is 35.5. The van der Waals surface area contributed by atoms with Gasteiger partial charge in [0.1, 0.15) is 11.0 Å². The number of aromatic nitrogens is 2. The van der Waals surface area contributed by atoms with Gasteiger partial charge in [-0.15, -0.1) is 0 Å². The largest absolute Gasteiger partial charge is 0.381 e. The van der Waals surface area contributed by atoms with E-state index in [0.29, 0.717) is 22.5 Å². The van der Waals surface area contributed by atoms with Crippen LogP contribution in [-0.4, -0.2) is 35.5 Å². The summed E-state index contributed by atoms with van der Waals surface area (Å²) in [7, 11) is 1.76. The number of methoxy groups -OCH3 is 1. The molecule has 1 N–H and O–H groups in total. The van der Waals surface area contributed by atoms with Crippen LogP contribution in [0.5, 0.6) is 0 Å². The van der Waals surface area contributed by atoms with E-state index in [4.69, 9.17) is 16.3 Å². The molecule has 17 heavy (non-hydrogen) atoms. The summed E-state index contributed by atoms with van der Waals surface area (Å²) < 4.78 is 5.34. The first-order valence-electron chi connectivity index (χ1n) is 5.59. The van der Waals surface area contributed by atoms with E-state index in [1.54, 1.807) is 13.2 Å². The van der Waals surface area contributed by atoms with Crippen molar-refractivity contribution in [1.29, 1.82) is 0 Å². The third kappa shape index (κ3) is 3.47. The van der Waals surface area contributed by atoms with Crippen molar-refractivity contribution in [3.63, 3.8) is 0 Å². The highest BCUT2D eigenvalue weighted by Crippen LogP contribution is 2.25. The van der Waals surface area contributed by atoms with E-state index in [1.807, 2.05) is 6.26 Å². The van der Waals surface area contributed by atoms with Crippen molar-refractivity contribution in [2.24, 2.45) is 0 Å². The number of nitrogens with one attached hydrogen (secondary N) is 1. The molecular weight excluding hydrogens is 258 g/mol. The maximum atomic E-state index is 5.94. The van der Waals surface area contributed by atoms with Crippen LogP contribution in [-0.2, 0) is 4.74 Å². The maximum absolute atomic E-state index is 5.94. The predicted molar refractivity (Wildman–Crippen MR) is 70.9 cm³/mol. The predicted octanol–water partition coefficient (Wildman–Crippen LogP) is 2.83. The molecule has 1 aromatic heterocycles. The molecule has 1 heterocycles. The Morgan fingerprint density at radius 3 is 2.94 bits per heavy atom.